The maximum absolute atomic E-state index is 11.0. The van der Waals surface area contributed by atoms with E-state index in [1.807, 2.05) is 6.21 Å². The molecule has 1 heterocycles. The topological polar surface area (TPSA) is 62.6 Å². The normalized spacial score (nSPS) is 15.3. The fraction of sp³-hybridized carbons (Fsp3) is 0.688. The number of thiazole rings is 1. The molecule has 0 saturated carbocycles. The maximum atomic E-state index is 11.0. The van der Waals surface area contributed by atoms with Crippen molar-refractivity contribution in [1.82, 2.24) is 4.98 Å². The van der Waals surface area contributed by atoms with E-state index >= 15 is 0 Å². The van der Waals surface area contributed by atoms with E-state index in [4.69, 9.17) is 4.66 Å². The highest BCUT2D eigenvalue weighted by Crippen LogP contribution is 2.37. The molecule has 22 heavy (non-hydrogen) atoms. The van der Waals surface area contributed by atoms with Crippen LogP contribution in [-0.2, 0) is 10.4 Å². The van der Waals surface area contributed by atoms with Crippen LogP contribution in [0.15, 0.2) is 10.9 Å². The molecule has 0 radical (unpaired) electrons. The molecule has 0 aliphatic heterocycles. The number of rotatable bonds is 6. The average Bonchev–Trinajstić information content (AvgIpc) is 2.82. The lowest BCUT2D eigenvalue weighted by Gasteiger charge is -2.32. The molecule has 0 spiro atoms. The molecule has 1 atom stereocenters. The maximum Gasteiger partial charge on any atom is 0.180 e. The zero-order valence-corrected chi connectivity index (χ0v) is 16.5. The SMILES string of the molecule is CC(C)(O)c1cnc(C(C=N[Si](C)(C)C(C)(C)C)CC=O)s1. The quantitative estimate of drug-likeness (QED) is 0.481. The number of hydrogen-bond donors (Lipinski definition) is 1. The summed E-state index contributed by atoms with van der Waals surface area (Å²) in [4.78, 5) is 16.2. The van der Waals surface area contributed by atoms with E-state index < -0.39 is 13.8 Å². The van der Waals surface area contributed by atoms with Crippen molar-refractivity contribution in [1.29, 1.82) is 0 Å². The predicted octanol–water partition coefficient (Wildman–Crippen LogP) is 4.12. The lowest BCUT2D eigenvalue weighted by molar-refractivity contribution is -0.107. The molecule has 0 fully saturated rings. The highest BCUT2D eigenvalue weighted by molar-refractivity contribution is 7.12. The van der Waals surface area contributed by atoms with Crippen LogP contribution in [0.2, 0.25) is 18.1 Å². The second kappa shape index (κ2) is 6.72. The zero-order chi connectivity index (χ0) is 17.2. The molecular formula is C16H28N2O2SSi. The number of aliphatic hydroxyl groups is 1. The molecule has 0 amide bonds. The molecule has 1 aromatic heterocycles. The highest BCUT2D eigenvalue weighted by Gasteiger charge is 2.35. The minimum absolute atomic E-state index is 0.104. The third-order valence-corrected chi connectivity index (χ3v) is 10.1. The number of aldehydes is 1. The molecule has 0 bridgehead atoms. The van der Waals surface area contributed by atoms with E-state index in [1.54, 1.807) is 20.0 Å². The van der Waals surface area contributed by atoms with Crippen LogP contribution in [0.5, 0.6) is 0 Å². The summed E-state index contributed by atoms with van der Waals surface area (Å²) in [6.45, 7) is 14.6. The van der Waals surface area contributed by atoms with Crippen molar-refractivity contribution in [2.24, 2.45) is 4.66 Å². The van der Waals surface area contributed by atoms with Crippen LogP contribution in [-0.4, -0.2) is 30.8 Å². The van der Waals surface area contributed by atoms with Gasteiger partial charge in [0.1, 0.15) is 11.3 Å². The van der Waals surface area contributed by atoms with Crippen LogP contribution in [0.1, 0.15) is 56.8 Å². The summed E-state index contributed by atoms with van der Waals surface area (Å²) in [6.07, 6.45) is 4.88. The van der Waals surface area contributed by atoms with Crippen LogP contribution < -0.4 is 0 Å². The van der Waals surface area contributed by atoms with Crippen molar-refractivity contribution in [2.75, 3.05) is 0 Å². The predicted molar refractivity (Wildman–Crippen MR) is 96.5 cm³/mol. The molecule has 0 saturated heterocycles. The van der Waals surface area contributed by atoms with Crippen molar-refractivity contribution in [3.63, 3.8) is 0 Å². The standard InChI is InChI=1S/C16H28N2O2SSi/c1-15(2,3)22(6,7)18-10-12(8-9-19)14-17-11-13(21-14)16(4,5)20/h9-12,20H,8H2,1-7H3. The number of nitrogens with zero attached hydrogens (tertiary/aromatic N) is 2. The smallest absolute Gasteiger partial charge is 0.180 e. The Morgan fingerprint density at radius 2 is 1.95 bits per heavy atom. The van der Waals surface area contributed by atoms with Crippen molar-refractivity contribution >= 4 is 32.1 Å². The zero-order valence-electron chi connectivity index (χ0n) is 14.7. The largest absolute Gasteiger partial charge is 0.385 e. The van der Waals surface area contributed by atoms with Gasteiger partial charge in [0.15, 0.2) is 8.24 Å². The molecule has 0 aliphatic carbocycles. The van der Waals surface area contributed by atoms with Crippen molar-refractivity contribution in [2.45, 2.75) is 70.7 Å². The number of aromatic nitrogens is 1. The van der Waals surface area contributed by atoms with Crippen LogP contribution in [0.25, 0.3) is 0 Å². The Bertz CT molecular complexity index is 539. The molecule has 1 aromatic rings. The Hall–Kier alpha value is -0.853. The van der Waals surface area contributed by atoms with Crippen LogP contribution >= 0.6 is 11.3 Å². The second-order valence-electron chi connectivity index (χ2n) is 7.72. The molecule has 1 rings (SSSR count). The van der Waals surface area contributed by atoms with Gasteiger partial charge in [-0.3, -0.25) is 0 Å². The van der Waals surface area contributed by atoms with E-state index in [0.29, 0.717) is 6.42 Å². The van der Waals surface area contributed by atoms with Gasteiger partial charge in [0.2, 0.25) is 0 Å². The van der Waals surface area contributed by atoms with Gasteiger partial charge in [-0.25, -0.2) is 4.98 Å². The summed E-state index contributed by atoms with van der Waals surface area (Å²) in [5.41, 5.74) is -0.905. The van der Waals surface area contributed by atoms with Crippen LogP contribution in [0, 0.1) is 0 Å². The summed E-state index contributed by atoms with van der Waals surface area (Å²) in [7, 11) is -1.78. The first-order chi connectivity index (χ1) is 9.88. The highest BCUT2D eigenvalue weighted by atomic mass is 32.1. The molecule has 1 unspecified atom stereocenters. The fourth-order valence-corrected chi connectivity index (χ4v) is 3.48. The summed E-state index contributed by atoms with van der Waals surface area (Å²) in [6, 6.07) is 0. The van der Waals surface area contributed by atoms with E-state index in [1.165, 1.54) is 11.3 Å². The molecule has 1 N–H and O–H groups in total. The lowest BCUT2D eigenvalue weighted by atomic mass is 10.1. The molecule has 6 heteroatoms. The van der Waals surface area contributed by atoms with Gasteiger partial charge in [-0.05, 0) is 38.2 Å². The van der Waals surface area contributed by atoms with Gasteiger partial charge in [0.25, 0.3) is 0 Å². The summed E-state index contributed by atoms with van der Waals surface area (Å²) in [5, 5.41) is 11.1. The van der Waals surface area contributed by atoms with Gasteiger partial charge in [-0.15, -0.1) is 11.3 Å². The summed E-state index contributed by atoms with van der Waals surface area (Å²) in [5.74, 6) is -0.104. The first-order valence-corrected chi connectivity index (χ1v) is 11.3. The van der Waals surface area contributed by atoms with Crippen LogP contribution in [0.3, 0.4) is 0 Å². The second-order valence-corrected chi connectivity index (χ2v) is 13.7. The Kier molecular flexibility index (Phi) is 5.86. The van der Waals surface area contributed by atoms with E-state index in [2.05, 4.69) is 38.8 Å². The van der Waals surface area contributed by atoms with Crippen molar-refractivity contribution in [3.05, 3.63) is 16.1 Å². The Morgan fingerprint density at radius 3 is 2.36 bits per heavy atom. The Morgan fingerprint density at radius 1 is 1.36 bits per heavy atom. The van der Waals surface area contributed by atoms with E-state index in [0.717, 1.165) is 16.2 Å². The summed E-state index contributed by atoms with van der Waals surface area (Å²) < 4.78 is 4.85. The minimum atomic E-state index is -1.78. The van der Waals surface area contributed by atoms with Gasteiger partial charge >= 0.3 is 0 Å². The average molecular weight is 341 g/mol. The molecule has 0 aliphatic rings. The summed E-state index contributed by atoms with van der Waals surface area (Å²) >= 11 is 1.45. The lowest BCUT2D eigenvalue weighted by Crippen LogP contribution is -2.35. The molecule has 124 valence electrons. The molecular weight excluding hydrogens is 312 g/mol. The molecule has 4 nitrogen and oxygen atoms in total. The minimum Gasteiger partial charge on any atom is -0.385 e. The van der Waals surface area contributed by atoms with Gasteiger partial charge in [0, 0.05) is 12.6 Å². The number of carbonyl (C=O) groups is 1. The Balaban J connectivity index is 3.05. The van der Waals surface area contributed by atoms with Crippen molar-refractivity contribution < 1.29 is 9.90 Å². The fourth-order valence-electron chi connectivity index (χ4n) is 1.54. The first kappa shape index (κ1) is 19.2. The first-order valence-electron chi connectivity index (χ1n) is 7.56. The molecule has 0 aromatic carbocycles. The number of hydrogen-bond acceptors (Lipinski definition) is 5. The van der Waals surface area contributed by atoms with Crippen molar-refractivity contribution in [3.8, 4) is 0 Å². The van der Waals surface area contributed by atoms with E-state index in [-0.39, 0.29) is 11.0 Å². The van der Waals surface area contributed by atoms with Gasteiger partial charge < -0.3 is 14.6 Å². The monoisotopic (exact) mass is 340 g/mol. The van der Waals surface area contributed by atoms with Gasteiger partial charge in [0.05, 0.1) is 16.4 Å². The van der Waals surface area contributed by atoms with E-state index in [9.17, 15) is 9.90 Å². The van der Waals surface area contributed by atoms with Crippen LogP contribution in [0.4, 0.5) is 0 Å². The van der Waals surface area contributed by atoms with Gasteiger partial charge in [-0.2, -0.15) is 0 Å². The van der Waals surface area contributed by atoms with Gasteiger partial charge in [-0.1, -0.05) is 20.8 Å². The number of carbonyl (C=O) groups excluding carboxylic acids is 1. The Labute approximate surface area is 138 Å². The third kappa shape index (κ3) is 4.83. The third-order valence-electron chi connectivity index (χ3n) is 4.21.